The van der Waals surface area contributed by atoms with Crippen molar-refractivity contribution in [3.63, 3.8) is 0 Å². The van der Waals surface area contributed by atoms with Crippen molar-refractivity contribution in [1.82, 2.24) is 5.32 Å². The zero-order valence-electron chi connectivity index (χ0n) is 8.53. The molecular weight excluding hydrogens is 160 g/mol. The summed E-state index contributed by atoms with van der Waals surface area (Å²) in [5.41, 5.74) is 6.07. The van der Waals surface area contributed by atoms with E-state index in [1.54, 1.807) is 0 Å². The minimum absolute atomic E-state index is 0.503. The Hall–Kier alpha value is -0.0800. The highest BCUT2D eigenvalue weighted by molar-refractivity contribution is 5.15. The fraction of sp³-hybridized carbons (Fsp3) is 1.00. The number of nitrogens with two attached hydrogens (primary N) is 1. The van der Waals surface area contributed by atoms with E-state index < -0.39 is 0 Å². The molecule has 3 fully saturated rings. The SMILES string of the molecule is CC1CC(N)C1C(C)C1CC2NC21. The fourth-order valence-corrected chi connectivity index (χ4v) is 3.78. The van der Waals surface area contributed by atoms with Gasteiger partial charge in [-0.25, -0.2) is 0 Å². The van der Waals surface area contributed by atoms with Gasteiger partial charge >= 0.3 is 0 Å². The molecule has 2 saturated carbocycles. The Balaban J connectivity index is 1.63. The summed E-state index contributed by atoms with van der Waals surface area (Å²) in [5, 5.41) is 3.53. The normalized spacial score (nSPS) is 60.2. The maximum atomic E-state index is 6.07. The highest BCUT2D eigenvalue weighted by Crippen LogP contribution is 2.51. The molecule has 2 heteroatoms. The molecular formula is C11H20N2. The van der Waals surface area contributed by atoms with Crippen LogP contribution in [-0.4, -0.2) is 18.1 Å². The molecule has 13 heavy (non-hydrogen) atoms. The molecule has 0 amide bonds. The van der Waals surface area contributed by atoms with Crippen LogP contribution < -0.4 is 11.1 Å². The Morgan fingerprint density at radius 3 is 2.54 bits per heavy atom. The van der Waals surface area contributed by atoms with Crippen molar-refractivity contribution < 1.29 is 0 Å². The van der Waals surface area contributed by atoms with Crippen molar-refractivity contribution in [2.24, 2.45) is 29.4 Å². The van der Waals surface area contributed by atoms with Gasteiger partial charge in [0, 0.05) is 18.1 Å². The van der Waals surface area contributed by atoms with Crippen molar-refractivity contribution in [1.29, 1.82) is 0 Å². The molecule has 0 radical (unpaired) electrons. The molecule has 1 saturated heterocycles. The molecule has 74 valence electrons. The summed E-state index contributed by atoms with van der Waals surface area (Å²) in [7, 11) is 0. The van der Waals surface area contributed by atoms with E-state index in [-0.39, 0.29) is 0 Å². The van der Waals surface area contributed by atoms with Gasteiger partial charge in [-0.1, -0.05) is 13.8 Å². The molecule has 1 heterocycles. The number of hydrogen-bond acceptors (Lipinski definition) is 2. The maximum Gasteiger partial charge on any atom is 0.0256 e. The molecule has 1 aliphatic heterocycles. The van der Waals surface area contributed by atoms with E-state index in [1.165, 1.54) is 12.8 Å². The van der Waals surface area contributed by atoms with E-state index in [0.29, 0.717) is 6.04 Å². The predicted molar refractivity (Wildman–Crippen MR) is 53.2 cm³/mol. The first-order chi connectivity index (χ1) is 6.18. The lowest BCUT2D eigenvalue weighted by atomic mass is 9.59. The van der Waals surface area contributed by atoms with Gasteiger partial charge in [0.2, 0.25) is 0 Å². The molecule has 7 unspecified atom stereocenters. The quantitative estimate of drug-likeness (QED) is 0.622. The summed E-state index contributed by atoms with van der Waals surface area (Å²) in [6.45, 7) is 4.78. The first kappa shape index (κ1) is 8.25. The number of nitrogens with one attached hydrogen (secondary N) is 1. The van der Waals surface area contributed by atoms with Crippen LogP contribution >= 0.6 is 0 Å². The summed E-state index contributed by atoms with van der Waals surface area (Å²) < 4.78 is 0. The number of hydrogen-bond donors (Lipinski definition) is 2. The Kier molecular flexibility index (Phi) is 1.58. The topological polar surface area (TPSA) is 48.0 Å². The molecule has 0 aromatic heterocycles. The van der Waals surface area contributed by atoms with Crippen LogP contribution in [0.15, 0.2) is 0 Å². The second-order valence-corrected chi connectivity index (χ2v) is 5.51. The second-order valence-electron chi connectivity index (χ2n) is 5.51. The molecule has 7 atom stereocenters. The van der Waals surface area contributed by atoms with Crippen LogP contribution in [0.3, 0.4) is 0 Å². The van der Waals surface area contributed by atoms with Gasteiger partial charge in [-0.3, -0.25) is 0 Å². The average Bonchev–Trinajstić information content (AvgIpc) is 2.60. The van der Waals surface area contributed by atoms with E-state index in [1.807, 2.05) is 0 Å². The smallest absolute Gasteiger partial charge is 0.0256 e. The Morgan fingerprint density at radius 2 is 2.15 bits per heavy atom. The largest absolute Gasteiger partial charge is 0.327 e. The molecule has 0 bridgehead atoms. The van der Waals surface area contributed by atoms with Crippen LogP contribution in [0.25, 0.3) is 0 Å². The van der Waals surface area contributed by atoms with Gasteiger partial charge < -0.3 is 11.1 Å². The Bertz CT molecular complexity index is 220. The van der Waals surface area contributed by atoms with Crippen LogP contribution in [0.1, 0.15) is 26.7 Å². The van der Waals surface area contributed by atoms with Gasteiger partial charge in [-0.05, 0) is 36.5 Å². The summed E-state index contributed by atoms with van der Waals surface area (Å²) in [6, 6.07) is 2.29. The zero-order valence-corrected chi connectivity index (χ0v) is 8.53. The molecule has 3 rings (SSSR count). The standard InChI is InChI=1S/C11H20N2/c1-5-3-8(12)10(5)6(2)7-4-9-11(7)13-9/h5-11,13H,3-4,12H2,1-2H3. The minimum Gasteiger partial charge on any atom is -0.327 e. The van der Waals surface area contributed by atoms with Gasteiger partial charge in [-0.2, -0.15) is 0 Å². The van der Waals surface area contributed by atoms with Crippen LogP contribution in [0.4, 0.5) is 0 Å². The first-order valence-corrected chi connectivity index (χ1v) is 5.70. The van der Waals surface area contributed by atoms with Crippen molar-refractivity contribution in [3.05, 3.63) is 0 Å². The predicted octanol–water partition coefficient (Wildman–Crippen LogP) is 0.966. The van der Waals surface area contributed by atoms with Gasteiger partial charge in [0.25, 0.3) is 0 Å². The third-order valence-corrected chi connectivity index (χ3v) is 4.80. The van der Waals surface area contributed by atoms with Gasteiger partial charge in [-0.15, -0.1) is 0 Å². The van der Waals surface area contributed by atoms with Crippen LogP contribution in [0, 0.1) is 23.7 Å². The number of fused-ring (bicyclic) bond motifs is 1. The summed E-state index contributed by atoms with van der Waals surface area (Å²) in [6.07, 6.45) is 2.67. The minimum atomic E-state index is 0.503. The number of rotatable bonds is 2. The first-order valence-electron chi connectivity index (χ1n) is 5.70. The molecule has 3 N–H and O–H groups in total. The van der Waals surface area contributed by atoms with E-state index in [9.17, 15) is 0 Å². The van der Waals surface area contributed by atoms with E-state index >= 15 is 0 Å². The van der Waals surface area contributed by atoms with Crippen LogP contribution in [0.2, 0.25) is 0 Å². The lowest BCUT2D eigenvalue weighted by Crippen LogP contribution is -2.52. The second kappa shape index (κ2) is 2.48. The monoisotopic (exact) mass is 180 g/mol. The Labute approximate surface area is 80.3 Å². The van der Waals surface area contributed by atoms with Gasteiger partial charge in [0.05, 0.1) is 0 Å². The molecule has 2 nitrogen and oxygen atoms in total. The van der Waals surface area contributed by atoms with E-state index in [4.69, 9.17) is 5.73 Å². The summed E-state index contributed by atoms with van der Waals surface area (Å²) in [4.78, 5) is 0. The van der Waals surface area contributed by atoms with E-state index in [2.05, 4.69) is 19.2 Å². The van der Waals surface area contributed by atoms with Crippen molar-refractivity contribution in [2.45, 2.75) is 44.8 Å². The van der Waals surface area contributed by atoms with Gasteiger partial charge in [0.1, 0.15) is 0 Å². The van der Waals surface area contributed by atoms with Crippen molar-refractivity contribution in [2.75, 3.05) is 0 Å². The zero-order chi connectivity index (χ0) is 9.16. The molecule has 0 aromatic carbocycles. The van der Waals surface area contributed by atoms with Crippen LogP contribution in [-0.2, 0) is 0 Å². The lowest BCUT2D eigenvalue weighted by molar-refractivity contribution is 0.0467. The molecule has 3 aliphatic rings. The summed E-state index contributed by atoms with van der Waals surface area (Å²) >= 11 is 0. The van der Waals surface area contributed by atoms with Crippen molar-refractivity contribution >= 4 is 0 Å². The fourth-order valence-electron chi connectivity index (χ4n) is 3.78. The highest BCUT2D eigenvalue weighted by Gasteiger charge is 2.57. The lowest BCUT2D eigenvalue weighted by Gasteiger charge is -2.48. The van der Waals surface area contributed by atoms with Crippen molar-refractivity contribution in [3.8, 4) is 0 Å². The van der Waals surface area contributed by atoms with Crippen LogP contribution in [0.5, 0.6) is 0 Å². The third kappa shape index (κ3) is 1.02. The molecule has 0 aromatic rings. The highest BCUT2D eigenvalue weighted by atomic mass is 15.2. The van der Waals surface area contributed by atoms with E-state index in [0.717, 1.165) is 35.8 Å². The Morgan fingerprint density at radius 1 is 1.38 bits per heavy atom. The summed E-state index contributed by atoms with van der Waals surface area (Å²) in [5.74, 6) is 3.50. The maximum absolute atomic E-state index is 6.07. The molecule has 2 aliphatic carbocycles. The molecule has 0 spiro atoms. The van der Waals surface area contributed by atoms with Gasteiger partial charge in [0.15, 0.2) is 0 Å². The third-order valence-electron chi connectivity index (χ3n) is 4.80. The average molecular weight is 180 g/mol.